The second-order valence-corrected chi connectivity index (χ2v) is 10.00. The van der Waals surface area contributed by atoms with Crippen LogP contribution in [0, 0.1) is 13.8 Å². The number of carbonyl (C=O) groups is 2. The summed E-state index contributed by atoms with van der Waals surface area (Å²) in [6.45, 7) is 6.43. The molecule has 0 aromatic heterocycles. The van der Waals surface area contributed by atoms with Crippen LogP contribution in [-0.2, 0) is 21.9 Å². The molecule has 4 nitrogen and oxygen atoms in total. The van der Waals surface area contributed by atoms with Crippen LogP contribution in [0.4, 0.5) is 0 Å². The Morgan fingerprint density at radius 3 is 2.28 bits per heavy atom. The van der Waals surface area contributed by atoms with Crippen molar-refractivity contribution in [3.05, 3.63) is 70.8 Å². The molecule has 0 radical (unpaired) electrons. The molecule has 1 aliphatic carbocycles. The van der Waals surface area contributed by atoms with E-state index in [4.69, 9.17) is 0 Å². The Balaban J connectivity index is 1.65. The number of amides is 2. The third-order valence-corrected chi connectivity index (χ3v) is 7.12. The summed E-state index contributed by atoms with van der Waals surface area (Å²) < 4.78 is 0. The normalized spacial score (nSPS) is 15.2. The molecule has 0 heterocycles. The van der Waals surface area contributed by atoms with Crippen molar-refractivity contribution in [2.45, 2.75) is 77.3 Å². The molecule has 0 saturated heterocycles. The Morgan fingerprint density at radius 1 is 1.00 bits per heavy atom. The van der Waals surface area contributed by atoms with Gasteiger partial charge in [-0.3, -0.25) is 9.59 Å². The fraction of sp³-hybridized carbons (Fsp3) is 0.481. The fourth-order valence-corrected chi connectivity index (χ4v) is 5.16. The highest BCUT2D eigenvalue weighted by Gasteiger charge is 2.28. The zero-order chi connectivity index (χ0) is 22.9. The molecule has 0 bridgehead atoms. The molecule has 1 aliphatic rings. The van der Waals surface area contributed by atoms with Crippen molar-refractivity contribution >= 4 is 23.6 Å². The van der Waals surface area contributed by atoms with Gasteiger partial charge >= 0.3 is 0 Å². The van der Waals surface area contributed by atoms with E-state index in [1.54, 1.807) is 16.7 Å². The summed E-state index contributed by atoms with van der Waals surface area (Å²) in [7, 11) is 0. The summed E-state index contributed by atoms with van der Waals surface area (Å²) in [5.41, 5.74) is 4.65. The number of benzene rings is 2. The predicted molar refractivity (Wildman–Crippen MR) is 134 cm³/mol. The van der Waals surface area contributed by atoms with E-state index >= 15 is 0 Å². The molecule has 3 rings (SSSR count). The van der Waals surface area contributed by atoms with Crippen molar-refractivity contribution in [1.29, 1.82) is 0 Å². The van der Waals surface area contributed by atoms with Gasteiger partial charge in [0.25, 0.3) is 0 Å². The smallest absolute Gasteiger partial charge is 0.242 e. The number of rotatable bonds is 9. The number of nitrogens with one attached hydrogen (secondary N) is 1. The van der Waals surface area contributed by atoms with Crippen LogP contribution in [0.5, 0.6) is 0 Å². The van der Waals surface area contributed by atoms with Gasteiger partial charge in [0.15, 0.2) is 0 Å². The lowest BCUT2D eigenvalue weighted by atomic mass is 9.95. The SMILES string of the molecule is Cc1cccc(CSCC(=O)N(Cc2cccc(C)c2)[C@H](C)C(=O)NC2CCCCC2)c1. The minimum atomic E-state index is -0.496. The molecular formula is C27H36N2O2S. The molecule has 0 aliphatic heterocycles. The molecule has 0 unspecified atom stereocenters. The van der Waals surface area contributed by atoms with Gasteiger partial charge in [0.05, 0.1) is 5.75 Å². The van der Waals surface area contributed by atoms with Gasteiger partial charge in [-0.2, -0.15) is 0 Å². The molecule has 32 heavy (non-hydrogen) atoms. The average Bonchev–Trinajstić information content (AvgIpc) is 2.77. The Morgan fingerprint density at radius 2 is 1.62 bits per heavy atom. The zero-order valence-electron chi connectivity index (χ0n) is 19.6. The van der Waals surface area contributed by atoms with Gasteiger partial charge in [-0.1, -0.05) is 78.9 Å². The van der Waals surface area contributed by atoms with E-state index in [9.17, 15) is 9.59 Å². The van der Waals surface area contributed by atoms with Crippen LogP contribution < -0.4 is 5.32 Å². The molecule has 0 spiro atoms. The number of nitrogens with zero attached hydrogens (tertiary/aromatic N) is 1. The Kier molecular flexibility index (Phi) is 9.22. The van der Waals surface area contributed by atoms with Gasteiger partial charge in [0.1, 0.15) is 6.04 Å². The van der Waals surface area contributed by atoms with Gasteiger partial charge < -0.3 is 10.2 Å². The van der Waals surface area contributed by atoms with Crippen molar-refractivity contribution in [3.63, 3.8) is 0 Å². The molecule has 1 atom stereocenters. The van der Waals surface area contributed by atoms with Gasteiger partial charge in [-0.15, -0.1) is 11.8 Å². The molecule has 172 valence electrons. The Labute approximate surface area is 197 Å². The highest BCUT2D eigenvalue weighted by molar-refractivity contribution is 7.99. The van der Waals surface area contributed by atoms with Gasteiger partial charge in [-0.05, 0) is 44.7 Å². The standard InChI is InChI=1S/C27H36N2O2S/c1-20-9-7-11-23(15-20)17-29(22(3)27(31)28-25-13-5-4-6-14-25)26(30)19-32-18-24-12-8-10-21(2)16-24/h7-12,15-16,22,25H,4-6,13-14,17-19H2,1-3H3,(H,28,31)/t22-/m1/s1. The third kappa shape index (κ3) is 7.40. The number of thioether (sulfide) groups is 1. The molecule has 5 heteroatoms. The minimum Gasteiger partial charge on any atom is -0.352 e. The van der Waals surface area contributed by atoms with Crippen LogP contribution in [0.15, 0.2) is 48.5 Å². The van der Waals surface area contributed by atoms with Gasteiger partial charge in [-0.25, -0.2) is 0 Å². The number of carbonyl (C=O) groups excluding carboxylic acids is 2. The van der Waals surface area contributed by atoms with E-state index in [1.165, 1.54) is 30.4 Å². The number of hydrogen-bond donors (Lipinski definition) is 1. The summed E-state index contributed by atoms with van der Waals surface area (Å²) in [4.78, 5) is 28.0. The van der Waals surface area contributed by atoms with Gasteiger partial charge in [0, 0.05) is 18.3 Å². The van der Waals surface area contributed by atoms with E-state index in [-0.39, 0.29) is 17.9 Å². The van der Waals surface area contributed by atoms with Gasteiger partial charge in [0.2, 0.25) is 11.8 Å². The van der Waals surface area contributed by atoms with Crippen molar-refractivity contribution in [3.8, 4) is 0 Å². The van der Waals surface area contributed by atoms with E-state index in [0.29, 0.717) is 12.3 Å². The first-order chi connectivity index (χ1) is 15.4. The first kappa shape index (κ1) is 24.4. The third-order valence-electron chi connectivity index (χ3n) is 6.13. The van der Waals surface area contributed by atoms with Crippen LogP contribution in [0.2, 0.25) is 0 Å². The zero-order valence-corrected chi connectivity index (χ0v) is 20.4. The second kappa shape index (κ2) is 12.1. The van der Waals surface area contributed by atoms with Crippen molar-refractivity contribution < 1.29 is 9.59 Å². The van der Waals surface area contributed by atoms with Crippen molar-refractivity contribution in [2.24, 2.45) is 0 Å². The van der Waals surface area contributed by atoms with E-state index < -0.39 is 6.04 Å². The molecule has 2 amide bonds. The Bertz CT molecular complexity index is 908. The first-order valence-electron chi connectivity index (χ1n) is 11.7. The molecule has 2 aromatic rings. The fourth-order valence-electron chi connectivity index (χ4n) is 4.30. The predicted octanol–water partition coefficient (Wildman–Crippen LogP) is 5.40. The van der Waals surface area contributed by atoms with E-state index in [2.05, 4.69) is 42.6 Å². The van der Waals surface area contributed by atoms with E-state index in [1.807, 2.05) is 32.0 Å². The highest BCUT2D eigenvalue weighted by atomic mass is 32.2. The summed E-state index contributed by atoms with van der Waals surface area (Å²) >= 11 is 1.61. The second-order valence-electron chi connectivity index (χ2n) is 9.01. The van der Waals surface area contributed by atoms with Crippen LogP contribution in [0.1, 0.15) is 61.3 Å². The maximum Gasteiger partial charge on any atom is 0.242 e. The highest BCUT2D eigenvalue weighted by Crippen LogP contribution is 2.20. The van der Waals surface area contributed by atoms with Crippen molar-refractivity contribution in [2.75, 3.05) is 5.75 Å². The minimum absolute atomic E-state index is 0.00968. The van der Waals surface area contributed by atoms with E-state index in [0.717, 1.165) is 29.7 Å². The monoisotopic (exact) mass is 452 g/mol. The average molecular weight is 453 g/mol. The maximum atomic E-state index is 13.3. The lowest BCUT2D eigenvalue weighted by Crippen LogP contribution is -2.50. The maximum absolute atomic E-state index is 13.3. The summed E-state index contributed by atoms with van der Waals surface area (Å²) in [6.07, 6.45) is 5.66. The quantitative estimate of drug-likeness (QED) is 0.554. The van der Waals surface area contributed by atoms with Crippen LogP contribution >= 0.6 is 11.8 Å². The molecule has 2 aromatic carbocycles. The molecular weight excluding hydrogens is 416 g/mol. The van der Waals surface area contributed by atoms with Crippen LogP contribution in [0.25, 0.3) is 0 Å². The topological polar surface area (TPSA) is 49.4 Å². The van der Waals surface area contributed by atoms with Crippen LogP contribution in [0.3, 0.4) is 0 Å². The summed E-state index contributed by atoms with van der Waals surface area (Å²) in [5, 5.41) is 3.20. The molecule has 1 fully saturated rings. The number of aryl methyl sites for hydroxylation is 2. The summed E-state index contributed by atoms with van der Waals surface area (Å²) in [5.74, 6) is 1.12. The summed E-state index contributed by atoms with van der Waals surface area (Å²) in [6, 6.07) is 16.3. The lowest BCUT2D eigenvalue weighted by Gasteiger charge is -2.31. The number of hydrogen-bond acceptors (Lipinski definition) is 3. The Hall–Kier alpha value is -2.27. The molecule has 1 saturated carbocycles. The molecule has 1 N–H and O–H groups in total. The van der Waals surface area contributed by atoms with Crippen LogP contribution in [-0.4, -0.2) is 34.6 Å². The first-order valence-corrected chi connectivity index (χ1v) is 12.9. The van der Waals surface area contributed by atoms with Crippen molar-refractivity contribution in [1.82, 2.24) is 10.2 Å². The lowest BCUT2D eigenvalue weighted by molar-refractivity contribution is -0.139. The largest absolute Gasteiger partial charge is 0.352 e.